The maximum absolute atomic E-state index is 5.70. The molecule has 0 aliphatic carbocycles. The van der Waals surface area contributed by atoms with E-state index in [1.165, 1.54) is 0 Å². The summed E-state index contributed by atoms with van der Waals surface area (Å²) in [5, 5.41) is 0. The quantitative estimate of drug-likeness (QED) is 0.628. The molecule has 1 atom stereocenters. The molecule has 11 heavy (non-hydrogen) atoms. The predicted octanol–water partition coefficient (Wildman–Crippen LogP) is 2.23. The second-order valence-corrected chi connectivity index (χ2v) is 3.72. The van der Waals surface area contributed by atoms with E-state index >= 15 is 0 Å². The Bertz CT molecular complexity index is 94.2. The maximum Gasteiger partial charge on any atom is 0.0812 e. The van der Waals surface area contributed by atoms with E-state index in [1.54, 1.807) is 7.11 Å². The lowest BCUT2D eigenvalue weighted by molar-refractivity contribution is -0.0871. The zero-order chi connectivity index (χ0) is 8.91. The van der Waals surface area contributed by atoms with E-state index in [4.69, 9.17) is 9.47 Å². The summed E-state index contributed by atoms with van der Waals surface area (Å²) >= 11 is 0. The van der Waals surface area contributed by atoms with Crippen LogP contribution in [-0.4, -0.2) is 25.4 Å². The van der Waals surface area contributed by atoms with Gasteiger partial charge in [0, 0.05) is 7.11 Å². The SMILES string of the molecule is CCC(COC)OC(C)(C)C. The van der Waals surface area contributed by atoms with Crippen molar-refractivity contribution in [1.29, 1.82) is 0 Å². The van der Waals surface area contributed by atoms with Gasteiger partial charge in [-0.2, -0.15) is 0 Å². The Balaban J connectivity index is 3.68. The van der Waals surface area contributed by atoms with Gasteiger partial charge in [0.1, 0.15) is 0 Å². The van der Waals surface area contributed by atoms with E-state index in [9.17, 15) is 0 Å². The molecule has 0 aromatic carbocycles. The summed E-state index contributed by atoms with van der Waals surface area (Å²) < 4.78 is 10.7. The van der Waals surface area contributed by atoms with E-state index in [2.05, 4.69) is 27.7 Å². The minimum Gasteiger partial charge on any atom is -0.382 e. The van der Waals surface area contributed by atoms with Crippen molar-refractivity contribution in [1.82, 2.24) is 0 Å². The molecule has 0 aromatic rings. The Hall–Kier alpha value is -0.0800. The van der Waals surface area contributed by atoms with Gasteiger partial charge in [0.15, 0.2) is 0 Å². The van der Waals surface area contributed by atoms with Gasteiger partial charge in [-0.25, -0.2) is 0 Å². The molecular weight excluding hydrogens is 140 g/mol. The van der Waals surface area contributed by atoms with Gasteiger partial charge in [-0.3, -0.25) is 0 Å². The summed E-state index contributed by atoms with van der Waals surface area (Å²) in [5.74, 6) is 0. The highest BCUT2D eigenvalue weighted by atomic mass is 16.5. The van der Waals surface area contributed by atoms with Crippen LogP contribution >= 0.6 is 0 Å². The third-order valence-electron chi connectivity index (χ3n) is 1.33. The van der Waals surface area contributed by atoms with E-state index in [0.717, 1.165) is 6.42 Å². The van der Waals surface area contributed by atoms with Gasteiger partial charge < -0.3 is 9.47 Å². The van der Waals surface area contributed by atoms with Crippen LogP contribution in [0.2, 0.25) is 0 Å². The van der Waals surface area contributed by atoms with Crippen LogP contribution in [0.15, 0.2) is 0 Å². The van der Waals surface area contributed by atoms with Gasteiger partial charge in [0.25, 0.3) is 0 Å². The van der Waals surface area contributed by atoms with E-state index < -0.39 is 0 Å². The van der Waals surface area contributed by atoms with E-state index in [1.807, 2.05) is 0 Å². The summed E-state index contributed by atoms with van der Waals surface area (Å²) in [6, 6.07) is 0. The first-order chi connectivity index (χ1) is 4.99. The molecule has 0 bridgehead atoms. The number of hydrogen-bond donors (Lipinski definition) is 0. The fraction of sp³-hybridized carbons (Fsp3) is 1.00. The Kier molecular flexibility index (Phi) is 4.69. The van der Waals surface area contributed by atoms with Crippen LogP contribution in [0, 0.1) is 0 Å². The lowest BCUT2D eigenvalue weighted by Gasteiger charge is -2.26. The standard InChI is InChI=1S/C9H20O2/c1-6-8(7-10-5)11-9(2,3)4/h8H,6-7H2,1-5H3. The Morgan fingerprint density at radius 2 is 1.82 bits per heavy atom. The number of methoxy groups -OCH3 is 1. The van der Waals surface area contributed by atoms with Crippen LogP contribution in [0.3, 0.4) is 0 Å². The fourth-order valence-corrected chi connectivity index (χ4v) is 0.921. The van der Waals surface area contributed by atoms with Gasteiger partial charge in [-0.05, 0) is 27.2 Å². The van der Waals surface area contributed by atoms with Crippen LogP contribution in [0.4, 0.5) is 0 Å². The summed E-state index contributed by atoms with van der Waals surface area (Å²) in [6.07, 6.45) is 1.24. The van der Waals surface area contributed by atoms with Crippen LogP contribution in [0.25, 0.3) is 0 Å². The molecule has 0 radical (unpaired) electrons. The molecule has 0 heterocycles. The molecule has 2 nitrogen and oxygen atoms in total. The maximum atomic E-state index is 5.70. The second-order valence-electron chi connectivity index (χ2n) is 3.72. The van der Waals surface area contributed by atoms with Gasteiger partial charge in [-0.15, -0.1) is 0 Å². The Morgan fingerprint density at radius 3 is 2.09 bits per heavy atom. The zero-order valence-electron chi connectivity index (χ0n) is 8.31. The van der Waals surface area contributed by atoms with Crippen molar-refractivity contribution in [2.75, 3.05) is 13.7 Å². The highest BCUT2D eigenvalue weighted by Gasteiger charge is 2.16. The molecule has 2 heteroatoms. The number of rotatable bonds is 4. The molecule has 0 N–H and O–H groups in total. The van der Waals surface area contributed by atoms with Crippen LogP contribution in [0.5, 0.6) is 0 Å². The third kappa shape index (κ3) is 6.32. The molecule has 0 aliphatic rings. The summed E-state index contributed by atoms with van der Waals surface area (Å²) in [4.78, 5) is 0. The summed E-state index contributed by atoms with van der Waals surface area (Å²) in [6.45, 7) is 8.98. The van der Waals surface area contributed by atoms with Crippen molar-refractivity contribution in [2.45, 2.75) is 45.8 Å². The molecule has 0 amide bonds. The van der Waals surface area contributed by atoms with Gasteiger partial charge in [0.05, 0.1) is 18.3 Å². The molecule has 0 aliphatic heterocycles. The van der Waals surface area contributed by atoms with Crippen molar-refractivity contribution in [3.63, 3.8) is 0 Å². The lowest BCUT2D eigenvalue weighted by Crippen LogP contribution is -2.29. The fourth-order valence-electron chi connectivity index (χ4n) is 0.921. The highest BCUT2D eigenvalue weighted by Crippen LogP contribution is 2.12. The van der Waals surface area contributed by atoms with Crippen molar-refractivity contribution >= 4 is 0 Å². The van der Waals surface area contributed by atoms with Crippen molar-refractivity contribution in [3.8, 4) is 0 Å². The first kappa shape index (κ1) is 10.9. The zero-order valence-corrected chi connectivity index (χ0v) is 8.31. The molecule has 0 aromatic heterocycles. The molecule has 0 saturated carbocycles. The van der Waals surface area contributed by atoms with Crippen LogP contribution in [0.1, 0.15) is 34.1 Å². The van der Waals surface area contributed by atoms with Gasteiger partial charge >= 0.3 is 0 Å². The Labute approximate surface area is 69.9 Å². The first-order valence-electron chi connectivity index (χ1n) is 4.16. The smallest absolute Gasteiger partial charge is 0.0812 e. The molecular formula is C9H20O2. The average molecular weight is 160 g/mol. The monoisotopic (exact) mass is 160 g/mol. The second kappa shape index (κ2) is 4.73. The number of hydrogen-bond acceptors (Lipinski definition) is 2. The number of ether oxygens (including phenoxy) is 2. The summed E-state index contributed by atoms with van der Waals surface area (Å²) in [7, 11) is 1.70. The molecule has 68 valence electrons. The normalized spacial score (nSPS) is 15.0. The average Bonchev–Trinajstić information content (AvgIpc) is 1.84. The minimum absolute atomic E-state index is 0.0563. The van der Waals surface area contributed by atoms with Gasteiger partial charge in [0.2, 0.25) is 0 Å². The van der Waals surface area contributed by atoms with Crippen LogP contribution < -0.4 is 0 Å². The van der Waals surface area contributed by atoms with E-state index in [0.29, 0.717) is 6.61 Å². The summed E-state index contributed by atoms with van der Waals surface area (Å²) in [5.41, 5.74) is -0.0563. The first-order valence-corrected chi connectivity index (χ1v) is 4.16. The molecule has 0 spiro atoms. The Morgan fingerprint density at radius 1 is 1.27 bits per heavy atom. The van der Waals surface area contributed by atoms with Gasteiger partial charge in [-0.1, -0.05) is 6.92 Å². The molecule has 0 saturated heterocycles. The topological polar surface area (TPSA) is 18.5 Å². The van der Waals surface area contributed by atoms with Crippen molar-refractivity contribution in [3.05, 3.63) is 0 Å². The molecule has 1 unspecified atom stereocenters. The predicted molar refractivity (Wildman–Crippen MR) is 46.8 cm³/mol. The largest absolute Gasteiger partial charge is 0.382 e. The van der Waals surface area contributed by atoms with Crippen molar-refractivity contribution in [2.24, 2.45) is 0 Å². The molecule has 0 rings (SSSR count). The van der Waals surface area contributed by atoms with Crippen molar-refractivity contribution < 1.29 is 9.47 Å². The van der Waals surface area contributed by atoms with Crippen LogP contribution in [-0.2, 0) is 9.47 Å². The third-order valence-corrected chi connectivity index (χ3v) is 1.33. The molecule has 0 fully saturated rings. The minimum atomic E-state index is -0.0563. The highest BCUT2D eigenvalue weighted by molar-refractivity contribution is 4.64. The van der Waals surface area contributed by atoms with E-state index in [-0.39, 0.29) is 11.7 Å². The lowest BCUT2D eigenvalue weighted by atomic mass is 10.1.